The Hall–Kier alpha value is -2.22. The van der Waals surface area contributed by atoms with Crippen molar-refractivity contribution in [1.29, 1.82) is 10.8 Å². The first-order chi connectivity index (χ1) is 25.4. The average molecular weight is 713 g/mol. The van der Waals surface area contributed by atoms with Gasteiger partial charge in [0, 0.05) is 5.92 Å². The normalized spacial score (nSPS) is 12.7. The van der Waals surface area contributed by atoms with Crippen molar-refractivity contribution in [3.05, 3.63) is 69.8 Å². The molecular formula is C50H84N2. The summed E-state index contributed by atoms with van der Waals surface area (Å²) < 4.78 is 0. The van der Waals surface area contributed by atoms with E-state index in [2.05, 4.69) is 77.9 Å². The van der Waals surface area contributed by atoms with Crippen molar-refractivity contribution in [2.75, 3.05) is 0 Å². The van der Waals surface area contributed by atoms with Gasteiger partial charge in [-0.05, 0) is 123 Å². The second-order valence-electron chi connectivity index (χ2n) is 16.4. The fourth-order valence-corrected chi connectivity index (χ4v) is 8.11. The molecule has 0 aliphatic rings. The first-order valence-corrected chi connectivity index (χ1v) is 22.8. The van der Waals surface area contributed by atoms with Crippen molar-refractivity contribution in [2.24, 2.45) is 0 Å². The molecule has 0 amide bonds. The first kappa shape index (κ1) is 45.9. The van der Waals surface area contributed by atoms with Gasteiger partial charge in [0.1, 0.15) is 0 Å². The molecule has 294 valence electrons. The summed E-state index contributed by atoms with van der Waals surface area (Å²) in [5.41, 5.74) is 10.1. The third kappa shape index (κ3) is 18.7. The molecule has 0 aliphatic heterocycles. The van der Waals surface area contributed by atoms with Crippen LogP contribution in [-0.2, 0) is 25.7 Å². The Kier molecular flexibility index (Phi) is 25.8. The monoisotopic (exact) mass is 713 g/mol. The molecule has 2 heteroatoms. The van der Waals surface area contributed by atoms with Crippen LogP contribution in [0.1, 0.15) is 241 Å². The Bertz CT molecular complexity index is 1170. The largest absolute Gasteiger partial charge is 0.303 e. The summed E-state index contributed by atoms with van der Waals surface area (Å²) in [6.07, 6.45) is 33.7. The Labute approximate surface area is 324 Å². The molecule has 52 heavy (non-hydrogen) atoms. The molecule has 2 atom stereocenters. The van der Waals surface area contributed by atoms with Gasteiger partial charge >= 0.3 is 0 Å². The molecule has 0 aromatic heterocycles. The van der Waals surface area contributed by atoms with Gasteiger partial charge in [-0.25, -0.2) is 0 Å². The van der Waals surface area contributed by atoms with E-state index < -0.39 is 0 Å². The highest BCUT2D eigenvalue weighted by molar-refractivity contribution is 6.41. The molecule has 0 aliphatic carbocycles. The summed E-state index contributed by atoms with van der Waals surface area (Å²) in [5.74, 6) is 0.514. The molecule has 2 aromatic carbocycles. The van der Waals surface area contributed by atoms with E-state index in [-0.39, 0.29) is 5.92 Å². The molecule has 0 saturated heterocycles. The van der Waals surface area contributed by atoms with Crippen LogP contribution < -0.4 is 0 Å². The molecule has 0 bridgehead atoms. The maximum absolute atomic E-state index is 9.63. The van der Waals surface area contributed by atoms with Gasteiger partial charge in [-0.3, -0.25) is 0 Å². The van der Waals surface area contributed by atoms with E-state index in [9.17, 15) is 10.8 Å². The predicted molar refractivity (Wildman–Crippen MR) is 233 cm³/mol. The van der Waals surface area contributed by atoms with Crippen molar-refractivity contribution in [2.45, 2.75) is 233 Å². The van der Waals surface area contributed by atoms with Crippen molar-refractivity contribution in [3.8, 4) is 0 Å². The van der Waals surface area contributed by atoms with Crippen molar-refractivity contribution >= 4 is 11.4 Å². The summed E-state index contributed by atoms with van der Waals surface area (Å²) in [6.45, 7) is 13.8. The fraction of sp³-hybridized carbons (Fsp3) is 0.720. The smallest absolute Gasteiger partial charge is 0.0596 e. The predicted octanol–water partition coefficient (Wildman–Crippen LogP) is 16.2. The summed E-state index contributed by atoms with van der Waals surface area (Å²) in [5, 5.41) is 18.9. The lowest BCUT2D eigenvalue weighted by Gasteiger charge is -2.25. The molecule has 2 N–H and O–H groups in total. The average Bonchev–Trinajstić information content (AvgIpc) is 3.14. The van der Waals surface area contributed by atoms with E-state index in [1.165, 1.54) is 158 Å². The van der Waals surface area contributed by atoms with E-state index in [0.29, 0.717) is 17.3 Å². The Morgan fingerprint density at radius 2 is 0.788 bits per heavy atom. The molecule has 0 spiro atoms. The second kappa shape index (κ2) is 29.2. The SMILES string of the molecule is CCCCCCCCC(=N)C(=N)C(CCC(CCCC)c1cc(CCCCC)cc(CCCCC)c1)c1cc(CCCCC)cc(CCCCC)c1. The molecule has 2 nitrogen and oxygen atoms in total. The topological polar surface area (TPSA) is 47.7 Å². The van der Waals surface area contributed by atoms with Gasteiger partial charge in [-0.2, -0.15) is 0 Å². The van der Waals surface area contributed by atoms with E-state index in [1.807, 2.05) is 0 Å². The van der Waals surface area contributed by atoms with Gasteiger partial charge in [0.15, 0.2) is 0 Å². The van der Waals surface area contributed by atoms with Crippen LogP contribution in [0.15, 0.2) is 36.4 Å². The van der Waals surface area contributed by atoms with Crippen LogP contribution in [0.2, 0.25) is 0 Å². The van der Waals surface area contributed by atoms with Crippen LogP contribution in [0.4, 0.5) is 0 Å². The van der Waals surface area contributed by atoms with Crippen LogP contribution in [-0.4, -0.2) is 11.4 Å². The molecule has 2 rings (SSSR count). The summed E-state index contributed by atoms with van der Waals surface area (Å²) in [6, 6.07) is 15.1. The highest BCUT2D eigenvalue weighted by Crippen LogP contribution is 2.35. The van der Waals surface area contributed by atoms with Gasteiger partial charge < -0.3 is 10.8 Å². The molecule has 0 heterocycles. The highest BCUT2D eigenvalue weighted by Gasteiger charge is 2.24. The van der Waals surface area contributed by atoms with Crippen LogP contribution >= 0.6 is 0 Å². The number of nitrogens with one attached hydrogen (secondary N) is 2. The minimum absolute atomic E-state index is 0.00419. The highest BCUT2D eigenvalue weighted by atomic mass is 14.5. The van der Waals surface area contributed by atoms with Crippen molar-refractivity contribution in [1.82, 2.24) is 0 Å². The third-order valence-corrected chi connectivity index (χ3v) is 11.5. The standard InChI is InChI=1S/C50H84N2/c1-7-13-19-20-21-26-32-49(51)50(52)48(47-39-43(29-24-16-10-4)36-44(40-47)30-25-17-11-5)34-33-45(31-18-12-6)46-37-41(27-22-14-8-2)35-42(38-46)28-23-15-9-3/h35-40,45,48,51-52H,7-34H2,1-6H3. The number of hydrogen-bond acceptors (Lipinski definition) is 2. The lowest BCUT2D eigenvalue weighted by molar-refractivity contribution is 0.519. The molecule has 0 saturated carbocycles. The summed E-state index contributed by atoms with van der Waals surface area (Å²) in [4.78, 5) is 0. The number of hydrogen-bond donors (Lipinski definition) is 2. The lowest BCUT2D eigenvalue weighted by Crippen LogP contribution is -2.22. The van der Waals surface area contributed by atoms with Gasteiger partial charge in [-0.15, -0.1) is 0 Å². The van der Waals surface area contributed by atoms with Gasteiger partial charge in [-0.1, -0.05) is 174 Å². The fourth-order valence-electron chi connectivity index (χ4n) is 8.11. The zero-order valence-corrected chi connectivity index (χ0v) is 35.4. The van der Waals surface area contributed by atoms with Gasteiger partial charge in [0.05, 0.1) is 11.4 Å². The Morgan fingerprint density at radius 1 is 0.404 bits per heavy atom. The van der Waals surface area contributed by atoms with Crippen molar-refractivity contribution < 1.29 is 0 Å². The third-order valence-electron chi connectivity index (χ3n) is 11.5. The zero-order chi connectivity index (χ0) is 37.8. The number of benzene rings is 2. The van der Waals surface area contributed by atoms with Crippen molar-refractivity contribution in [3.63, 3.8) is 0 Å². The molecule has 0 radical (unpaired) electrons. The maximum Gasteiger partial charge on any atom is 0.0596 e. The number of unbranched alkanes of at least 4 members (excludes halogenated alkanes) is 14. The summed E-state index contributed by atoms with van der Waals surface area (Å²) >= 11 is 0. The van der Waals surface area contributed by atoms with E-state index in [4.69, 9.17) is 0 Å². The van der Waals surface area contributed by atoms with Crippen LogP contribution in [0.5, 0.6) is 0 Å². The zero-order valence-electron chi connectivity index (χ0n) is 35.4. The molecule has 2 aromatic rings. The molecule has 2 unspecified atom stereocenters. The minimum Gasteiger partial charge on any atom is -0.303 e. The quantitative estimate of drug-likeness (QED) is 0.0547. The van der Waals surface area contributed by atoms with Crippen LogP contribution in [0, 0.1) is 10.8 Å². The van der Waals surface area contributed by atoms with E-state index in [1.54, 1.807) is 16.7 Å². The minimum atomic E-state index is 0.00419. The summed E-state index contributed by atoms with van der Waals surface area (Å²) in [7, 11) is 0. The van der Waals surface area contributed by atoms with E-state index in [0.717, 1.165) is 38.5 Å². The maximum atomic E-state index is 9.63. The lowest BCUT2D eigenvalue weighted by atomic mass is 9.79. The molecular weight excluding hydrogens is 629 g/mol. The van der Waals surface area contributed by atoms with Crippen LogP contribution in [0.25, 0.3) is 0 Å². The van der Waals surface area contributed by atoms with Crippen LogP contribution in [0.3, 0.4) is 0 Å². The number of aryl methyl sites for hydroxylation is 4. The van der Waals surface area contributed by atoms with Gasteiger partial charge in [0.25, 0.3) is 0 Å². The first-order valence-electron chi connectivity index (χ1n) is 22.8. The second-order valence-corrected chi connectivity index (χ2v) is 16.4. The number of rotatable bonds is 33. The molecule has 0 fully saturated rings. The Balaban J connectivity index is 2.49. The van der Waals surface area contributed by atoms with Gasteiger partial charge in [0.2, 0.25) is 0 Å². The Morgan fingerprint density at radius 3 is 1.23 bits per heavy atom. The van der Waals surface area contributed by atoms with E-state index >= 15 is 0 Å².